The summed E-state index contributed by atoms with van der Waals surface area (Å²) >= 11 is 0. The zero-order chi connectivity index (χ0) is 13.9. The van der Waals surface area contributed by atoms with Gasteiger partial charge in [-0.1, -0.05) is 20.8 Å². The van der Waals surface area contributed by atoms with Gasteiger partial charge in [-0.15, -0.1) is 0 Å². The maximum Gasteiger partial charge on any atom is 0.0613 e. The Morgan fingerprint density at radius 3 is 2.74 bits per heavy atom. The van der Waals surface area contributed by atoms with E-state index in [4.69, 9.17) is 0 Å². The molecule has 0 aromatic carbocycles. The molecule has 2 N–H and O–H groups in total. The molecule has 3 unspecified atom stereocenters. The van der Waals surface area contributed by atoms with E-state index in [1.165, 1.54) is 38.8 Å². The second-order valence-corrected chi connectivity index (χ2v) is 7.23. The van der Waals surface area contributed by atoms with Crippen LogP contribution in [0.3, 0.4) is 0 Å². The van der Waals surface area contributed by atoms with Gasteiger partial charge in [-0.05, 0) is 51.0 Å². The number of aliphatic hydroxyl groups excluding tert-OH is 1. The molecule has 19 heavy (non-hydrogen) atoms. The van der Waals surface area contributed by atoms with Crippen molar-refractivity contribution in [2.75, 3.05) is 19.7 Å². The highest BCUT2D eigenvalue weighted by Crippen LogP contribution is 2.33. The molecule has 3 heteroatoms. The predicted octanol–water partition coefficient (Wildman–Crippen LogP) is 2.39. The fourth-order valence-electron chi connectivity index (χ4n) is 4.13. The second kappa shape index (κ2) is 6.55. The Kier molecular flexibility index (Phi) is 5.27. The number of likely N-dealkylation sites (tertiary alicyclic amines) is 1. The zero-order valence-electron chi connectivity index (χ0n) is 13.0. The summed E-state index contributed by atoms with van der Waals surface area (Å²) < 4.78 is 0. The number of nitrogens with zero attached hydrogens (tertiary/aromatic N) is 1. The van der Waals surface area contributed by atoms with Crippen molar-refractivity contribution < 1.29 is 5.11 Å². The fourth-order valence-corrected chi connectivity index (χ4v) is 4.13. The Labute approximate surface area is 118 Å². The average molecular weight is 268 g/mol. The summed E-state index contributed by atoms with van der Waals surface area (Å²) in [6.45, 7) is 9.55. The van der Waals surface area contributed by atoms with Crippen molar-refractivity contribution in [1.29, 1.82) is 0 Å². The SMILES string of the molecule is CC1CCCN(C2CCCC(CO)(NC(C)C)C2)C1. The lowest BCUT2D eigenvalue weighted by Gasteiger charge is -2.47. The largest absolute Gasteiger partial charge is 0.394 e. The van der Waals surface area contributed by atoms with Crippen LogP contribution in [0.4, 0.5) is 0 Å². The van der Waals surface area contributed by atoms with E-state index in [1.54, 1.807) is 0 Å². The van der Waals surface area contributed by atoms with E-state index in [-0.39, 0.29) is 12.1 Å². The minimum absolute atomic E-state index is 0.0300. The summed E-state index contributed by atoms with van der Waals surface area (Å²) in [5.41, 5.74) is -0.0300. The Bertz CT molecular complexity index is 282. The zero-order valence-corrected chi connectivity index (χ0v) is 13.0. The van der Waals surface area contributed by atoms with Gasteiger partial charge in [0.15, 0.2) is 0 Å². The van der Waals surface area contributed by atoms with E-state index in [0.717, 1.165) is 18.8 Å². The molecule has 112 valence electrons. The predicted molar refractivity (Wildman–Crippen MR) is 80.3 cm³/mol. The van der Waals surface area contributed by atoms with Gasteiger partial charge < -0.3 is 15.3 Å². The maximum absolute atomic E-state index is 9.88. The third-order valence-electron chi connectivity index (χ3n) is 4.92. The molecule has 1 saturated heterocycles. The van der Waals surface area contributed by atoms with Crippen molar-refractivity contribution >= 4 is 0 Å². The van der Waals surface area contributed by atoms with Crippen molar-refractivity contribution in [1.82, 2.24) is 10.2 Å². The quantitative estimate of drug-likeness (QED) is 0.822. The smallest absolute Gasteiger partial charge is 0.0613 e. The number of piperidine rings is 1. The van der Waals surface area contributed by atoms with Crippen LogP contribution in [-0.2, 0) is 0 Å². The van der Waals surface area contributed by atoms with Crippen molar-refractivity contribution in [3.05, 3.63) is 0 Å². The van der Waals surface area contributed by atoms with Crippen LogP contribution in [0.5, 0.6) is 0 Å². The van der Waals surface area contributed by atoms with E-state index in [0.29, 0.717) is 12.1 Å². The minimum atomic E-state index is -0.0300. The van der Waals surface area contributed by atoms with Crippen molar-refractivity contribution in [3.8, 4) is 0 Å². The Morgan fingerprint density at radius 2 is 2.11 bits per heavy atom. The van der Waals surface area contributed by atoms with Crippen LogP contribution in [0, 0.1) is 5.92 Å². The fraction of sp³-hybridized carbons (Fsp3) is 1.00. The standard InChI is InChI=1S/C16H32N2O/c1-13(2)17-16(12-19)8-4-7-15(10-16)18-9-5-6-14(3)11-18/h13-15,17,19H,4-12H2,1-3H3. The summed E-state index contributed by atoms with van der Waals surface area (Å²) in [4.78, 5) is 2.69. The van der Waals surface area contributed by atoms with Crippen LogP contribution in [-0.4, -0.2) is 47.3 Å². The Balaban J connectivity index is 1.98. The van der Waals surface area contributed by atoms with Crippen LogP contribution in [0.2, 0.25) is 0 Å². The lowest BCUT2D eigenvalue weighted by molar-refractivity contribution is 0.0370. The first-order valence-electron chi connectivity index (χ1n) is 8.17. The van der Waals surface area contributed by atoms with Gasteiger partial charge in [-0.25, -0.2) is 0 Å². The summed E-state index contributed by atoms with van der Waals surface area (Å²) in [7, 11) is 0. The molecule has 2 fully saturated rings. The molecule has 0 aromatic heterocycles. The van der Waals surface area contributed by atoms with Crippen LogP contribution >= 0.6 is 0 Å². The highest BCUT2D eigenvalue weighted by molar-refractivity contribution is 4.97. The second-order valence-electron chi connectivity index (χ2n) is 7.23. The molecule has 0 amide bonds. The summed E-state index contributed by atoms with van der Waals surface area (Å²) in [5.74, 6) is 0.845. The third-order valence-corrected chi connectivity index (χ3v) is 4.92. The van der Waals surface area contributed by atoms with Crippen LogP contribution in [0.25, 0.3) is 0 Å². The van der Waals surface area contributed by atoms with Crippen LogP contribution in [0.15, 0.2) is 0 Å². The first kappa shape index (κ1) is 15.3. The molecule has 0 aromatic rings. The normalized spacial score (nSPS) is 37.7. The molecule has 3 atom stereocenters. The lowest BCUT2D eigenvalue weighted by Crippen LogP contribution is -2.58. The highest BCUT2D eigenvalue weighted by Gasteiger charge is 2.38. The summed E-state index contributed by atoms with van der Waals surface area (Å²) in [6.07, 6.45) is 7.54. The summed E-state index contributed by atoms with van der Waals surface area (Å²) in [5, 5.41) is 13.5. The van der Waals surface area contributed by atoms with E-state index < -0.39 is 0 Å². The van der Waals surface area contributed by atoms with Crippen molar-refractivity contribution in [2.24, 2.45) is 5.92 Å². The molecule has 1 aliphatic carbocycles. The number of hydrogen-bond acceptors (Lipinski definition) is 3. The molecule has 0 bridgehead atoms. The average Bonchev–Trinajstić information content (AvgIpc) is 2.38. The van der Waals surface area contributed by atoms with E-state index >= 15 is 0 Å². The first-order chi connectivity index (χ1) is 9.04. The van der Waals surface area contributed by atoms with Gasteiger partial charge in [0.25, 0.3) is 0 Å². The van der Waals surface area contributed by atoms with Gasteiger partial charge in [-0.2, -0.15) is 0 Å². The molecule has 1 saturated carbocycles. The lowest BCUT2D eigenvalue weighted by atomic mass is 9.77. The first-order valence-corrected chi connectivity index (χ1v) is 8.17. The molecular formula is C16H32N2O. The maximum atomic E-state index is 9.88. The van der Waals surface area contributed by atoms with Gasteiger partial charge in [-0.3, -0.25) is 0 Å². The molecule has 3 nitrogen and oxygen atoms in total. The molecular weight excluding hydrogens is 236 g/mol. The topological polar surface area (TPSA) is 35.5 Å². The van der Waals surface area contributed by atoms with E-state index in [2.05, 4.69) is 31.0 Å². The van der Waals surface area contributed by atoms with Crippen LogP contribution in [0.1, 0.15) is 59.3 Å². The molecule has 1 heterocycles. The molecule has 1 aliphatic heterocycles. The molecule has 0 radical (unpaired) electrons. The number of hydrogen-bond donors (Lipinski definition) is 2. The van der Waals surface area contributed by atoms with Crippen LogP contribution < -0.4 is 5.32 Å². The van der Waals surface area contributed by atoms with Gasteiger partial charge >= 0.3 is 0 Å². The van der Waals surface area contributed by atoms with Crippen molar-refractivity contribution in [2.45, 2.75) is 76.9 Å². The number of aliphatic hydroxyl groups is 1. The van der Waals surface area contributed by atoms with E-state index in [1.807, 2.05) is 0 Å². The molecule has 2 aliphatic rings. The monoisotopic (exact) mass is 268 g/mol. The van der Waals surface area contributed by atoms with Gasteiger partial charge in [0.05, 0.1) is 6.61 Å². The third kappa shape index (κ3) is 3.93. The number of nitrogens with one attached hydrogen (secondary N) is 1. The van der Waals surface area contributed by atoms with Gasteiger partial charge in [0, 0.05) is 24.2 Å². The van der Waals surface area contributed by atoms with E-state index in [9.17, 15) is 5.11 Å². The molecule has 2 rings (SSSR count). The number of rotatable bonds is 4. The minimum Gasteiger partial charge on any atom is -0.394 e. The molecule has 0 spiro atoms. The Morgan fingerprint density at radius 1 is 1.32 bits per heavy atom. The Hall–Kier alpha value is -0.120. The van der Waals surface area contributed by atoms with Crippen molar-refractivity contribution in [3.63, 3.8) is 0 Å². The summed E-state index contributed by atoms with van der Waals surface area (Å²) in [6, 6.07) is 1.13. The van der Waals surface area contributed by atoms with Gasteiger partial charge in [0.1, 0.15) is 0 Å². The van der Waals surface area contributed by atoms with Gasteiger partial charge in [0.2, 0.25) is 0 Å². The highest BCUT2D eigenvalue weighted by atomic mass is 16.3.